The van der Waals surface area contributed by atoms with Crippen molar-refractivity contribution in [3.63, 3.8) is 0 Å². The molecule has 1 aliphatic heterocycles. The first-order chi connectivity index (χ1) is 8.00. The zero-order valence-corrected chi connectivity index (χ0v) is 11.6. The van der Waals surface area contributed by atoms with Crippen LogP contribution in [-0.2, 0) is 4.79 Å². The van der Waals surface area contributed by atoms with E-state index in [-0.39, 0.29) is 6.17 Å². The lowest BCUT2D eigenvalue weighted by Crippen LogP contribution is -2.51. The summed E-state index contributed by atoms with van der Waals surface area (Å²) >= 11 is 0. The van der Waals surface area contributed by atoms with Crippen LogP contribution in [0.3, 0.4) is 0 Å². The third-order valence-electron chi connectivity index (χ3n) is 4.43. The lowest BCUT2D eigenvalue weighted by atomic mass is 9.79. The van der Waals surface area contributed by atoms with Gasteiger partial charge in [-0.1, -0.05) is 27.7 Å². The van der Waals surface area contributed by atoms with Crippen LogP contribution in [0, 0.1) is 17.8 Å². The quantitative estimate of drug-likeness (QED) is 0.800. The fraction of sp³-hybridized carbons (Fsp3) is 0.929. The zero-order chi connectivity index (χ0) is 12.6. The molecule has 2 aliphatic rings. The summed E-state index contributed by atoms with van der Waals surface area (Å²) < 4.78 is 0. The van der Waals surface area contributed by atoms with Gasteiger partial charge in [0.25, 0.3) is 0 Å². The second kappa shape index (κ2) is 4.97. The smallest absolute Gasteiger partial charge is 0.238 e. The van der Waals surface area contributed by atoms with Gasteiger partial charge in [-0.2, -0.15) is 0 Å². The van der Waals surface area contributed by atoms with Crippen LogP contribution in [0.5, 0.6) is 0 Å². The van der Waals surface area contributed by atoms with Crippen molar-refractivity contribution in [1.82, 2.24) is 10.2 Å². The van der Waals surface area contributed by atoms with Crippen molar-refractivity contribution in [2.75, 3.05) is 6.54 Å². The SMILES string of the molecule is CC1CCC(N2C(=O)CNC2C(C)C)C(C)C1. The van der Waals surface area contributed by atoms with E-state index in [0.717, 1.165) is 5.92 Å². The van der Waals surface area contributed by atoms with E-state index >= 15 is 0 Å². The standard InChI is InChI=1S/C14H26N2O/c1-9(2)14-15-8-13(17)16(14)12-6-5-10(3)7-11(12)4/h9-12,14-15H,5-8H2,1-4H3. The molecule has 1 saturated heterocycles. The molecular formula is C14H26N2O. The normalized spacial score (nSPS) is 39.1. The first-order valence-electron chi connectivity index (χ1n) is 7.05. The Hall–Kier alpha value is -0.570. The monoisotopic (exact) mass is 238 g/mol. The van der Waals surface area contributed by atoms with E-state index in [1.165, 1.54) is 19.3 Å². The Morgan fingerprint density at radius 3 is 2.59 bits per heavy atom. The molecule has 0 radical (unpaired) electrons. The molecule has 0 bridgehead atoms. The molecule has 98 valence electrons. The molecule has 2 fully saturated rings. The maximum Gasteiger partial charge on any atom is 0.238 e. The number of hydrogen-bond acceptors (Lipinski definition) is 2. The van der Waals surface area contributed by atoms with Crippen LogP contribution in [0.15, 0.2) is 0 Å². The summed E-state index contributed by atoms with van der Waals surface area (Å²) in [4.78, 5) is 14.2. The average molecular weight is 238 g/mol. The predicted octanol–water partition coefficient (Wildman–Crippen LogP) is 2.22. The van der Waals surface area contributed by atoms with E-state index in [4.69, 9.17) is 0 Å². The second-order valence-corrected chi connectivity index (χ2v) is 6.33. The Bertz CT molecular complexity index is 290. The number of nitrogens with one attached hydrogen (secondary N) is 1. The fourth-order valence-corrected chi connectivity index (χ4v) is 3.55. The summed E-state index contributed by atoms with van der Waals surface area (Å²) in [6.07, 6.45) is 3.96. The number of carbonyl (C=O) groups is 1. The number of rotatable bonds is 2. The first-order valence-corrected chi connectivity index (χ1v) is 7.05. The van der Waals surface area contributed by atoms with E-state index in [9.17, 15) is 4.79 Å². The number of carbonyl (C=O) groups excluding carboxylic acids is 1. The van der Waals surface area contributed by atoms with Crippen LogP contribution in [-0.4, -0.2) is 29.6 Å². The van der Waals surface area contributed by atoms with E-state index in [1.807, 2.05) is 0 Å². The lowest BCUT2D eigenvalue weighted by Gasteiger charge is -2.42. The Kier molecular flexibility index (Phi) is 3.76. The molecule has 0 spiro atoms. The lowest BCUT2D eigenvalue weighted by molar-refractivity contribution is -0.133. The molecule has 3 nitrogen and oxygen atoms in total. The van der Waals surface area contributed by atoms with Crippen molar-refractivity contribution in [1.29, 1.82) is 0 Å². The van der Waals surface area contributed by atoms with Gasteiger partial charge in [0, 0.05) is 6.04 Å². The number of amides is 1. The molecule has 1 saturated carbocycles. The average Bonchev–Trinajstić information content (AvgIpc) is 2.60. The molecule has 0 aromatic heterocycles. The first kappa shape index (κ1) is 12.9. The Balaban J connectivity index is 2.11. The van der Waals surface area contributed by atoms with E-state index < -0.39 is 0 Å². The summed E-state index contributed by atoms with van der Waals surface area (Å²) in [5.41, 5.74) is 0. The van der Waals surface area contributed by atoms with Crippen molar-refractivity contribution in [3.8, 4) is 0 Å². The second-order valence-electron chi connectivity index (χ2n) is 6.33. The third kappa shape index (κ3) is 2.49. The number of hydrogen-bond donors (Lipinski definition) is 1. The largest absolute Gasteiger partial charge is 0.323 e. The summed E-state index contributed by atoms with van der Waals surface area (Å²) in [6.45, 7) is 9.56. The van der Waals surface area contributed by atoms with Crippen molar-refractivity contribution in [2.45, 2.75) is 59.2 Å². The predicted molar refractivity (Wildman–Crippen MR) is 69.4 cm³/mol. The molecule has 0 aromatic rings. The highest BCUT2D eigenvalue weighted by molar-refractivity contribution is 5.81. The van der Waals surface area contributed by atoms with Gasteiger partial charge in [-0.3, -0.25) is 10.1 Å². The number of nitrogens with zero attached hydrogens (tertiary/aromatic N) is 1. The Labute approximate surface area is 105 Å². The molecule has 1 aliphatic carbocycles. The van der Waals surface area contributed by atoms with E-state index in [2.05, 4.69) is 37.9 Å². The molecular weight excluding hydrogens is 212 g/mol. The summed E-state index contributed by atoms with van der Waals surface area (Å²) in [7, 11) is 0. The van der Waals surface area contributed by atoms with Gasteiger partial charge in [-0.15, -0.1) is 0 Å². The van der Waals surface area contributed by atoms with Crippen LogP contribution in [0.4, 0.5) is 0 Å². The summed E-state index contributed by atoms with van der Waals surface area (Å²) in [5.74, 6) is 2.26. The minimum absolute atomic E-state index is 0.253. The highest BCUT2D eigenvalue weighted by Crippen LogP contribution is 2.34. The minimum atomic E-state index is 0.253. The topological polar surface area (TPSA) is 32.3 Å². The maximum absolute atomic E-state index is 12.1. The van der Waals surface area contributed by atoms with E-state index in [0.29, 0.717) is 30.3 Å². The molecule has 1 heterocycles. The van der Waals surface area contributed by atoms with Crippen molar-refractivity contribution in [2.24, 2.45) is 17.8 Å². The van der Waals surface area contributed by atoms with Crippen molar-refractivity contribution in [3.05, 3.63) is 0 Å². The van der Waals surface area contributed by atoms with Crippen molar-refractivity contribution >= 4 is 5.91 Å². The van der Waals surface area contributed by atoms with Gasteiger partial charge in [-0.05, 0) is 37.0 Å². The Morgan fingerprint density at radius 2 is 2.00 bits per heavy atom. The molecule has 0 aromatic carbocycles. The highest BCUT2D eigenvalue weighted by Gasteiger charge is 2.40. The molecule has 4 atom stereocenters. The van der Waals surface area contributed by atoms with Gasteiger partial charge >= 0.3 is 0 Å². The molecule has 2 rings (SSSR count). The van der Waals surface area contributed by atoms with Gasteiger partial charge in [0.15, 0.2) is 0 Å². The molecule has 1 N–H and O–H groups in total. The van der Waals surface area contributed by atoms with Gasteiger partial charge in [0.2, 0.25) is 5.91 Å². The zero-order valence-electron chi connectivity index (χ0n) is 11.6. The van der Waals surface area contributed by atoms with Crippen LogP contribution in [0.1, 0.15) is 47.0 Å². The van der Waals surface area contributed by atoms with Gasteiger partial charge < -0.3 is 4.90 Å². The molecule has 1 amide bonds. The van der Waals surface area contributed by atoms with Crippen LogP contribution < -0.4 is 5.32 Å². The Morgan fingerprint density at radius 1 is 1.29 bits per heavy atom. The van der Waals surface area contributed by atoms with Crippen LogP contribution in [0.25, 0.3) is 0 Å². The van der Waals surface area contributed by atoms with Crippen molar-refractivity contribution < 1.29 is 4.79 Å². The molecule has 3 heteroatoms. The highest BCUT2D eigenvalue weighted by atomic mass is 16.2. The van der Waals surface area contributed by atoms with E-state index in [1.54, 1.807) is 0 Å². The van der Waals surface area contributed by atoms with Crippen LogP contribution in [0.2, 0.25) is 0 Å². The summed E-state index contributed by atoms with van der Waals surface area (Å²) in [6, 6.07) is 0.459. The maximum atomic E-state index is 12.1. The van der Waals surface area contributed by atoms with Gasteiger partial charge in [0.05, 0.1) is 12.7 Å². The summed E-state index contributed by atoms with van der Waals surface area (Å²) in [5, 5.41) is 3.36. The van der Waals surface area contributed by atoms with Crippen LogP contribution >= 0.6 is 0 Å². The fourth-order valence-electron chi connectivity index (χ4n) is 3.55. The minimum Gasteiger partial charge on any atom is -0.323 e. The molecule has 4 unspecified atom stereocenters. The molecule has 17 heavy (non-hydrogen) atoms. The van der Waals surface area contributed by atoms with Gasteiger partial charge in [0.1, 0.15) is 0 Å². The third-order valence-corrected chi connectivity index (χ3v) is 4.43. The van der Waals surface area contributed by atoms with Gasteiger partial charge in [-0.25, -0.2) is 0 Å².